The van der Waals surface area contributed by atoms with Crippen LogP contribution < -0.4 is 11.1 Å². The van der Waals surface area contributed by atoms with Crippen LogP contribution in [0.2, 0.25) is 0 Å². The highest BCUT2D eigenvalue weighted by Crippen LogP contribution is 2.41. The molecule has 3 heteroatoms. The van der Waals surface area contributed by atoms with Crippen molar-refractivity contribution < 1.29 is 0 Å². The zero-order chi connectivity index (χ0) is 12.3. The predicted molar refractivity (Wildman–Crippen MR) is 71.7 cm³/mol. The summed E-state index contributed by atoms with van der Waals surface area (Å²) in [5, 5.41) is 3.67. The first-order valence-corrected chi connectivity index (χ1v) is 6.64. The minimum Gasteiger partial charge on any atom is -0.384 e. The fourth-order valence-electron chi connectivity index (χ4n) is 2.49. The summed E-state index contributed by atoms with van der Waals surface area (Å²) in [6, 6.07) is 4.67. The van der Waals surface area contributed by atoms with Crippen LogP contribution in [0.4, 0.5) is 5.82 Å². The third-order valence-corrected chi connectivity index (χ3v) is 3.65. The van der Waals surface area contributed by atoms with Crippen molar-refractivity contribution in [2.45, 2.75) is 39.2 Å². The number of nitrogens with two attached hydrogens (primary N) is 1. The molecule has 1 saturated carbocycles. The molecule has 0 saturated heterocycles. The van der Waals surface area contributed by atoms with E-state index in [1.54, 1.807) is 6.20 Å². The maximum Gasteiger partial charge on any atom is 0.123 e. The number of nitrogen functional groups attached to an aromatic ring is 1. The van der Waals surface area contributed by atoms with Crippen molar-refractivity contribution in [2.75, 3.05) is 12.3 Å². The molecule has 3 unspecified atom stereocenters. The zero-order valence-corrected chi connectivity index (χ0v) is 10.8. The van der Waals surface area contributed by atoms with Gasteiger partial charge in [0.25, 0.3) is 0 Å². The molecule has 17 heavy (non-hydrogen) atoms. The Morgan fingerprint density at radius 3 is 2.94 bits per heavy atom. The van der Waals surface area contributed by atoms with Gasteiger partial charge in [0.15, 0.2) is 0 Å². The number of hydrogen-bond donors (Lipinski definition) is 2. The van der Waals surface area contributed by atoms with Gasteiger partial charge in [0.2, 0.25) is 0 Å². The second kappa shape index (κ2) is 5.50. The van der Waals surface area contributed by atoms with Gasteiger partial charge in [-0.15, -0.1) is 0 Å². The summed E-state index contributed by atoms with van der Waals surface area (Å²) in [5.74, 6) is 2.35. The zero-order valence-electron chi connectivity index (χ0n) is 10.8. The van der Waals surface area contributed by atoms with Crippen LogP contribution in [0, 0.1) is 11.8 Å². The molecule has 0 aliphatic heterocycles. The van der Waals surface area contributed by atoms with Crippen molar-refractivity contribution in [3.63, 3.8) is 0 Å². The maximum atomic E-state index is 5.72. The summed E-state index contributed by atoms with van der Waals surface area (Å²) >= 11 is 0. The van der Waals surface area contributed by atoms with Crippen molar-refractivity contribution in [1.82, 2.24) is 10.3 Å². The number of rotatable bonds is 6. The molecule has 1 aromatic rings. The van der Waals surface area contributed by atoms with Crippen LogP contribution in [0.15, 0.2) is 18.3 Å². The number of pyridine rings is 1. The minimum atomic E-state index is 0.603. The molecule has 0 amide bonds. The highest BCUT2D eigenvalue weighted by atomic mass is 14.9. The molecule has 0 spiro atoms. The Balaban J connectivity index is 1.96. The topological polar surface area (TPSA) is 50.9 Å². The lowest BCUT2D eigenvalue weighted by molar-refractivity contribution is 0.443. The standard InChI is InChI=1S/C14H23N3/c1-3-5-16-13(12-7-10(12)2)8-11-4-6-17-14(15)9-11/h4,6,9-10,12-13,16H,3,5,7-8H2,1-2H3,(H2,15,17). The van der Waals surface area contributed by atoms with E-state index < -0.39 is 0 Å². The third-order valence-electron chi connectivity index (χ3n) is 3.65. The van der Waals surface area contributed by atoms with Crippen molar-refractivity contribution in [1.29, 1.82) is 0 Å². The molecule has 3 N–H and O–H groups in total. The first kappa shape index (κ1) is 12.4. The van der Waals surface area contributed by atoms with Crippen molar-refractivity contribution >= 4 is 5.82 Å². The lowest BCUT2D eigenvalue weighted by Crippen LogP contribution is -2.34. The van der Waals surface area contributed by atoms with Crippen LogP contribution >= 0.6 is 0 Å². The van der Waals surface area contributed by atoms with Gasteiger partial charge in [-0.3, -0.25) is 0 Å². The predicted octanol–water partition coefficient (Wildman–Crippen LogP) is 2.23. The lowest BCUT2D eigenvalue weighted by Gasteiger charge is -2.18. The number of anilines is 1. The number of hydrogen-bond acceptors (Lipinski definition) is 3. The summed E-state index contributed by atoms with van der Waals surface area (Å²) in [5.41, 5.74) is 7.02. The van der Waals surface area contributed by atoms with Crippen molar-refractivity contribution in [3.8, 4) is 0 Å². The first-order chi connectivity index (χ1) is 8.20. The molecule has 0 radical (unpaired) electrons. The van der Waals surface area contributed by atoms with E-state index in [1.165, 1.54) is 18.4 Å². The highest BCUT2D eigenvalue weighted by molar-refractivity contribution is 5.32. The van der Waals surface area contributed by atoms with Crippen LogP contribution in [0.1, 0.15) is 32.3 Å². The molecule has 1 heterocycles. The van der Waals surface area contributed by atoms with E-state index in [1.807, 2.05) is 6.07 Å². The molecular weight excluding hydrogens is 210 g/mol. The molecule has 94 valence electrons. The van der Waals surface area contributed by atoms with Gasteiger partial charge in [-0.25, -0.2) is 4.98 Å². The van der Waals surface area contributed by atoms with Gasteiger partial charge < -0.3 is 11.1 Å². The summed E-state index contributed by atoms with van der Waals surface area (Å²) in [4.78, 5) is 4.04. The van der Waals surface area contributed by atoms with Gasteiger partial charge in [-0.1, -0.05) is 13.8 Å². The van der Waals surface area contributed by atoms with Gasteiger partial charge in [0.1, 0.15) is 5.82 Å². The summed E-state index contributed by atoms with van der Waals surface area (Å²) in [7, 11) is 0. The monoisotopic (exact) mass is 233 g/mol. The second-order valence-electron chi connectivity index (χ2n) is 5.23. The molecule has 1 aliphatic carbocycles. The Bertz CT molecular complexity index is 364. The van der Waals surface area contributed by atoms with E-state index in [4.69, 9.17) is 5.73 Å². The fourth-order valence-corrected chi connectivity index (χ4v) is 2.49. The Kier molecular flexibility index (Phi) is 4.00. The van der Waals surface area contributed by atoms with Crippen LogP contribution in [0.3, 0.4) is 0 Å². The summed E-state index contributed by atoms with van der Waals surface area (Å²) in [6.45, 7) is 5.66. The first-order valence-electron chi connectivity index (χ1n) is 6.64. The van der Waals surface area contributed by atoms with Gasteiger partial charge in [0, 0.05) is 12.2 Å². The molecule has 1 aromatic heterocycles. The van der Waals surface area contributed by atoms with Gasteiger partial charge >= 0.3 is 0 Å². The Morgan fingerprint density at radius 2 is 2.35 bits per heavy atom. The minimum absolute atomic E-state index is 0.603. The van der Waals surface area contributed by atoms with E-state index in [9.17, 15) is 0 Å². The Labute approximate surface area is 104 Å². The molecular formula is C14H23N3. The van der Waals surface area contributed by atoms with Crippen molar-refractivity contribution in [2.24, 2.45) is 11.8 Å². The molecule has 0 bridgehead atoms. The molecule has 1 aliphatic rings. The van der Waals surface area contributed by atoms with E-state index in [0.29, 0.717) is 11.9 Å². The molecule has 1 fully saturated rings. The van der Waals surface area contributed by atoms with E-state index >= 15 is 0 Å². The average Bonchev–Trinajstić information content (AvgIpc) is 3.02. The molecule has 2 rings (SSSR count). The molecule has 3 nitrogen and oxygen atoms in total. The van der Waals surface area contributed by atoms with Crippen LogP contribution in [0.25, 0.3) is 0 Å². The quantitative estimate of drug-likeness (QED) is 0.792. The van der Waals surface area contributed by atoms with Crippen LogP contribution in [0.5, 0.6) is 0 Å². The molecule has 0 aromatic carbocycles. The average molecular weight is 233 g/mol. The van der Waals surface area contributed by atoms with Gasteiger partial charge in [0.05, 0.1) is 0 Å². The van der Waals surface area contributed by atoms with Crippen LogP contribution in [-0.4, -0.2) is 17.6 Å². The summed E-state index contributed by atoms with van der Waals surface area (Å²) in [6.07, 6.45) is 5.43. The van der Waals surface area contributed by atoms with E-state index in [-0.39, 0.29) is 0 Å². The lowest BCUT2D eigenvalue weighted by atomic mass is 10.0. The SMILES string of the molecule is CCCNC(Cc1ccnc(N)c1)C1CC1C. The second-order valence-corrected chi connectivity index (χ2v) is 5.23. The van der Waals surface area contributed by atoms with E-state index in [2.05, 4.69) is 30.2 Å². The number of nitrogens with one attached hydrogen (secondary N) is 1. The highest BCUT2D eigenvalue weighted by Gasteiger charge is 2.38. The van der Waals surface area contributed by atoms with Gasteiger partial charge in [-0.05, 0) is 55.3 Å². The maximum absolute atomic E-state index is 5.72. The normalized spacial score (nSPS) is 24.6. The summed E-state index contributed by atoms with van der Waals surface area (Å²) < 4.78 is 0. The van der Waals surface area contributed by atoms with Gasteiger partial charge in [-0.2, -0.15) is 0 Å². The Hall–Kier alpha value is -1.09. The van der Waals surface area contributed by atoms with Crippen LogP contribution in [-0.2, 0) is 6.42 Å². The van der Waals surface area contributed by atoms with Crippen molar-refractivity contribution in [3.05, 3.63) is 23.9 Å². The third kappa shape index (κ3) is 3.43. The fraction of sp³-hybridized carbons (Fsp3) is 0.643. The largest absolute Gasteiger partial charge is 0.384 e. The molecule has 3 atom stereocenters. The smallest absolute Gasteiger partial charge is 0.123 e. The number of aromatic nitrogens is 1. The van der Waals surface area contributed by atoms with E-state index in [0.717, 1.165) is 24.8 Å². The number of nitrogens with zero attached hydrogens (tertiary/aromatic N) is 1. The Morgan fingerprint density at radius 1 is 1.59 bits per heavy atom.